The Bertz CT molecular complexity index is 1100. The number of benzene rings is 1. The van der Waals surface area contributed by atoms with Gasteiger partial charge in [0.1, 0.15) is 35.5 Å². The van der Waals surface area contributed by atoms with Crippen molar-refractivity contribution in [1.82, 2.24) is 20.0 Å². The van der Waals surface area contributed by atoms with Gasteiger partial charge >= 0.3 is 0 Å². The van der Waals surface area contributed by atoms with Crippen molar-refractivity contribution in [2.75, 3.05) is 6.61 Å². The minimum atomic E-state index is -1.61. The summed E-state index contributed by atoms with van der Waals surface area (Å²) in [6, 6.07) is 1.99. The van der Waals surface area contributed by atoms with E-state index in [2.05, 4.69) is 15.3 Å². The molecule has 13 heteroatoms. The van der Waals surface area contributed by atoms with Gasteiger partial charge in [-0.1, -0.05) is 28.6 Å². The zero-order chi connectivity index (χ0) is 23.0. The summed E-state index contributed by atoms with van der Waals surface area (Å²) in [6.45, 7) is -0.550. The Morgan fingerprint density at radius 2 is 1.81 bits per heavy atom. The van der Waals surface area contributed by atoms with Crippen molar-refractivity contribution in [3.05, 3.63) is 59.3 Å². The van der Waals surface area contributed by atoms with Crippen LogP contribution in [-0.2, 0) is 4.74 Å². The Morgan fingerprint density at radius 1 is 1.09 bits per heavy atom. The van der Waals surface area contributed by atoms with E-state index in [1.807, 2.05) is 0 Å². The van der Waals surface area contributed by atoms with E-state index in [0.717, 1.165) is 28.6 Å². The van der Waals surface area contributed by atoms with Gasteiger partial charge in [0, 0.05) is 22.9 Å². The highest BCUT2D eigenvalue weighted by Crippen LogP contribution is 2.38. The van der Waals surface area contributed by atoms with Crippen LogP contribution in [0.3, 0.4) is 0 Å². The maximum absolute atomic E-state index is 13.6. The van der Waals surface area contributed by atoms with Crippen molar-refractivity contribution in [3.8, 4) is 11.3 Å². The Labute approximate surface area is 188 Å². The van der Waals surface area contributed by atoms with Crippen molar-refractivity contribution >= 4 is 23.4 Å². The quantitative estimate of drug-likeness (QED) is 0.468. The van der Waals surface area contributed by atoms with Gasteiger partial charge in [-0.2, -0.15) is 0 Å². The molecule has 3 aromatic rings. The average molecular weight is 489 g/mol. The first kappa shape index (κ1) is 23.0. The van der Waals surface area contributed by atoms with Gasteiger partial charge in [0.05, 0.1) is 17.8 Å². The van der Waals surface area contributed by atoms with Crippen LogP contribution in [0.25, 0.3) is 11.3 Å². The summed E-state index contributed by atoms with van der Waals surface area (Å²) in [5, 5.41) is 39.2. The molecule has 0 aliphatic carbocycles. The fourth-order valence-electron chi connectivity index (χ4n) is 3.33. The van der Waals surface area contributed by atoms with Crippen molar-refractivity contribution in [3.63, 3.8) is 0 Å². The topological polar surface area (TPSA) is 114 Å². The molecule has 5 atom stereocenters. The standard InChI is InChI=1S/C19H16ClF3N4O4S/c20-9-3-10(5-24-4-9)32-19-18(30)16(17(29)14(7-28)31-19)27-6-13(25-26-27)8-1-11(21)15(23)12(22)2-8/h1-6,14,16-19,28-30H,7H2/t14?,16?,17-,18?,19+/m0/s1. The number of aliphatic hydroxyl groups excluding tert-OH is 3. The highest BCUT2D eigenvalue weighted by molar-refractivity contribution is 7.99. The Morgan fingerprint density at radius 3 is 2.47 bits per heavy atom. The molecule has 4 rings (SSSR count). The molecule has 0 bridgehead atoms. The molecule has 0 saturated carbocycles. The summed E-state index contributed by atoms with van der Waals surface area (Å²) in [7, 11) is 0. The van der Waals surface area contributed by atoms with Crippen LogP contribution in [0.2, 0.25) is 5.02 Å². The lowest BCUT2D eigenvalue weighted by Gasteiger charge is -2.41. The third kappa shape index (κ3) is 4.47. The molecule has 8 nitrogen and oxygen atoms in total. The summed E-state index contributed by atoms with van der Waals surface area (Å²) >= 11 is 7.01. The summed E-state index contributed by atoms with van der Waals surface area (Å²) in [5.41, 5.74) is -1.05. The molecule has 2 aromatic heterocycles. The maximum Gasteiger partial charge on any atom is 0.194 e. The summed E-state index contributed by atoms with van der Waals surface area (Å²) < 4.78 is 47.2. The molecule has 1 aliphatic heterocycles. The average Bonchev–Trinajstić information content (AvgIpc) is 3.23. The van der Waals surface area contributed by atoms with E-state index in [1.54, 1.807) is 6.07 Å². The van der Waals surface area contributed by atoms with Gasteiger partial charge in [0.25, 0.3) is 0 Å². The Kier molecular flexibility index (Phi) is 6.70. The van der Waals surface area contributed by atoms with Crippen molar-refractivity contribution in [2.24, 2.45) is 0 Å². The fourth-order valence-corrected chi connectivity index (χ4v) is 4.65. The van der Waals surface area contributed by atoms with Gasteiger partial charge in [-0.25, -0.2) is 17.9 Å². The van der Waals surface area contributed by atoms with Crippen LogP contribution >= 0.6 is 23.4 Å². The zero-order valence-corrected chi connectivity index (χ0v) is 17.6. The van der Waals surface area contributed by atoms with Gasteiger partial charge in [-0.3, -0.25) is 4.98 Å². The van der Waals surface area contributed by atoms with Crippen LogP contribution in [-0.4, -0.2) is 65.7 Å². The molecule has 3 N–H and O–H groups in total. The van der Waals surface area contributed by atoms with Crippen LogP contribution in [0.5, 0.6) is 0 Å². The number of pyridine rings is 1. The first-order chi connectivity index (χ1) is 15.3. The second-order valence-corrected chi connectivity index (χ2v) is 8.60. The third-order valence-corrected chi connectivity index (χ3v) is 6.20. The largest absolute Gasteiger partial charge is 0.394 e. The number of thioether (sulfide) groups is 1. The van der Waals surface area contributed by atoms with Crippen LogP contribution in [0.4, 0.5) is 13.2 Å². The summed E-state index contributed by atoms with van der Waals surface area (Å²) in [6.07, 6.45) is 0.387. The number of aliphatic hydroxyl groups is 3. The predicted octanol–water partition coefficient (Wildman–Crippen LogP) is 2.18. The van der Waals surface area contributed by atoms with E-state index in [4.69, 9.17) is 16.3 Å². The monoisotopic (exact) mass is 488 g/mol. The zero-order valence-electron chi connectivity index (χ0n) is 16.0. The number of ether oxygens (including phenoxy) is 1. The summed E-state index contributed by atoms with van der Waals surface area (Å²) in [4.78, 5) is 4.53. The first-order valence-corrected chi connectivity index (χ1v) is 10.5. The molecule has 1 fully saturated rings. The van der Waals surface area contributed by atoms with E-state index in [0.29, 0.717) is 9.92 Å². The van der Waals surface area contributed by atoms with Crippen LogP contribution in [0.1, 0.15) is 6.04 Å². The lowest BCUT2D eigenvalue weighted by molar-refractivity contribution is -0.178. The van der Waals surface area contributed by atoms with E-state index < -0.39 is 53.8 Å². The van der Waals surface area contributed by atoms with Crippen molar-refractivity contribution < 1.29 is 33.2 Å². The van der Waals surface area contributed by atoms with Crippen LogP contribution in [0, 0.1) is 17.5 Å². The van der Waals surface area contributed by atoms with Crippen LogP contribution in [0.15, 0.2) is 41.7 Å². The number of hydrogen-bond acceptors (Lipinski definition) is 8. The molecule has 0 spiro atoms. The van der Waals surface area contributed by atoms with Crippen molar-refractivity contribution in [2.45, 2.75) is 34.7 Å². The minimum absolute atomic E-state index is 0.0162. The van der Waals surface area contributed by atoms with Gasteiger partial charge < -0.3 is 20.1 Å². The first-order valence-electron chi connectivity index (χ1n) is 9.25. The molecule has 32 heavy (non-hydrogen) atoms. The molecular weight excluding hydrogens is 473 g/mol. The normalized spacial score (nSPS) is 25.8. The number of halogens is 4. The SMILES string of the molecule is OCC1O[C@H](Sc2cncc(Cl)c2)C(O)C(n2cc(-c3cc(F)c(F)c(F)c3)nn2)[C@H]1O. The molecule has 1 aliphatic rings. The Balaban J connectivity index is 1.64. The molecule has 1 aromatic carbocycles. The molecule has 0 amide bonds. The van der Waals surface area contributed by atoms with Gasteiger partial charge in [-0.05, 0) is 18.2 Å². The Hall–Kier alpha value is -2.22. The lowest BCUT2D eigenvalue weighted by Crippen LogP contribution is -2.55. The third-order valence-electron chi connectivity index (χ3n) is 4.88. The molecular formula is C19H16ClF3N4O4S. The number of nitrogens with zero attached hydrogens (tertiary/aromatic N) is 4. The molecule has 0 radical (unpaired) electrons. The summed E-state index contributed by atoms with van der Waals surface area (Å²) in [5.74, 6) is -4.40. The molecule has 3 heterocycles. The minimum Gasteiger partial charge on any atom is -0.394 e. The van der Waals surface area contributed by atoms with E-state index in [1.165, 1.54) is 18.6 Å². The van der Waals surface area contributed by atoms with Gasteiger partial charge in [0.15, 0.2) is 17.5 Å². The smallest absolute Gasteiger partial charge is 0.194 e. The van der Waals surface area contributed by atoms with E-state index >= 15 is 0 Å². The molecule has 3 unspecified atom stereocenters. The highest BCUT2D eigenvalue weighted by Gasteiger charge is 2.46. The van der Waals surface area contributed by atoms with Crippen LogP contribution < -0.4 is 0 Å². The maximum atomic E-state index is 13.6. The van der Waals surface area contributed by atoms with E-state index in [-0.39, 0.29) is 11.3 Å². The lowest BCUT2D eigenvalue weighted by atomic mass is 9.97. The van der Waals surface area contributed by atoms with Gasteiger partial charge in [0.2, 0.25) is 0 Å². The van der Waals surface area contributed by atoms with Gasteiger partial charge in [-0.15, -0.1) is 5.10 Å². The predicted molar refractivity (Wildman–Crippen MR) is 107 cm³/mol. The second kappa shape index (κ2) is 9.33. The molecule has 1 saturated heterocycles. The number of aromatic nitrogens is 4. The fraction of sp³-hybridized carbons (Fsp3) is 0.316. The highest BCUT2D eigenvalue weighted by atomic mass is 35.5. The number of rotatable bonds is 5. The van der Waals surface area contributed by atoms with E-state index in [9.17, 15) is 28.5 Å². The number of hydrogen-bond donors (Lipinski definition) is 3. The molecule has 170 valence electrons. The second-order valence-electron chi connectivity index (χ2n) is 6.99. The van der Waals surface area contributed by atoms with Crippen molar-refractivity contribution in [1.29, 1.82) is 0 Å².